The molecule has 0 radical (unpaired) electrons. The summed E-state index contributed by atoms with van der Waals surface area (Å²) in [7, 11) is 1.57. The van der Waals surface area contributed by atoms with Gasteiger partial charge in [0.1, 0.15) is 17.1 Å². The molecule has 1 unspecified atom stereocenters. The van der Waals surface area contributed by atoms with Crippen LogP contribution in [0.4, 0.5) is 5.69 Å². The Kier molecular flexibility index (Phi) is 7.19. The fourth-order valence-electron chi connectivity index (χ4n) is 4.75. The van der Waals surface area contributed by atoms with Gasteiger partial charge in [-0.2, -0.15) is 0 Å². The third-order valence-electron chi connectivity index (χ3n) is 6.63. The van der Waals surface area contributed by atoms with Gasteiger partial charge in [-0.25, -0.2) is 0 Å². The molecule has 1 amide bonds. The number of nitrogens with zero attached hydrogens (tertiary/aromatic N) is 1. The molecular weight excluding hydrogens is 490 g/mol. The summed E-state index contributed by atoms with van der Waals surface area (Å²) in [6.45, 7) is 2.83. The summed E-state index contributed by atoms with van der Waals surface area (Å²) < 4.78 is 17.3. The van der Waals surface area contributed by atoms with Crippen molar-refractivity contribution in [3.8, 4) is 11.5 Å². The normalized spacial score (nSPS) is 14.7. The SMILES string of the molecule is CCCCCCOc1ccc(C2c3c(oc4ccc(Cl)cc4c3=O)C(=O)N2c2cccc(OC)c2)cc1. The van der Waals surface area contributed by atoms with Crippen LogP contribution in [0.2, 0.25) is 5.02 Å². The average molecular weight is 518 g/mol. The molecule has 2 heterocycles. The number of hydrogen-bond acceptors (Lipinski definition) is 5. The molecule has 1 aromatic heterocycles. The van der Waals surface area contributed by atoms with Crippen molar-refractivity contribution in [2.45, 2.75) is 38.6 Å². The third-order valence-corrected chi connectivity index (χ3v) is 6.86. The van der Waals surface area contributed by atoms with Gasteiger partial charge in [-0.05, 0) is 54.4 Å². The molecule has 0 bridgehead atoms. The summed E-state index contributed by atoms with van der Waals surface area (Å²) in [5.41, 5.74) is 1.69. The van der Waals surface area contributed by atoms with Crippen LogP contribution in [0.25, 0.3) is 11.0 Å². The molecule has 0 saturated carbocycles. The van der Waals surface area contributed by atoms with Crippen molar-refractivity contribution in [3.63, 3.8) is 0 Å². The number of fused-ring (bicyclic) bond motifs is 2. The van der Waals surface area contributed by atoms with E-state index in [0.29, 0.717) is 34.0 Å². The van der Waals surface area contributed by atoms with E-state index >= 15 is 0 Å². The summed E-state index contributed by atoms with van der Waals surface area (Å²) in [5.74, 6) is 0.987. The van der Waals surface area contributed by atoms with Gasteiger partial charge in [0.15, 0.2) is 5.43 Å². The largest absolute Gasteiger partial charge is 0.497 e. The van der Waals surface area contributed by atoms with Gasteiger partial charge in [-0.1, -0.05) is 56.0 Å². The minimum absolute atomic E-state index is 0.0314. The molecule has 5 rings (SSSR count). The lowest BCUT2D eigenvalue weighted by molar-refractivity contribution is 0.0971. The first-order chi connectivity index (χ1) is 18.0. The fourth-order valence-corrected chi connectivity index (χ4v) is 4.92. The third kappa shape index (κ3) is 4.81. The highest BCUT2D eigenvalue weighted by molar-refractivity contribution is 6.31. The second-order valence-electron chi connectivity index (χ2n) is 9.07. The molecule has 0 aliphatic carbocycles. The molecule has 1 aliphatic rings. The summed E-state index contributed by atoms with van der Waals surface area (Å²) in [6.07, 6.45) is 4.51. The minimum atomic E-state index is -0.687. The van der Waals surface area contributed by atoms with Crippen LogP contribution in [-0.4, -0.2) is 19.6 Å². The molecule has 6 nitrogen and oxygen atoms in total. The number of hydrogen-bond donors (Lipinski definition) is 0. The number of amides is 1. The van der Waals surface area contributed by atoms with Gasteiger partial charge < -0.3 is 13.9 Å². The van der Waals surface area contributed by atoms with Crippen molar-refractivity contribution in [2.24, 2.45) is 0 Å². The van der Waals surface area contributed by atoms with Gasteiger partial charge >= 0.3 is 0 Å². The van der Waals surface area contributed by atoms with Gasteiger partial charge in [-0.3, -0.25) is 14.5 Å². The number of carbonyl (C=O) groups excluding carboxylic acids is 1. The summed E-state index contributed by atoms with van der Waals surface area (Å²) in [5, 5.41) is 0.759. The number of unbranched alkanes of at least 4 members (excludes halogenated alkanes) is 3. The maximum Gasteiger partial charge on any atom is 0.295 e. The van der Waals surface area contributed by atoms with E-state index in [0.717, 1.165) is 24.2 Å². The van der Waals surface area contributed by atoms with E-state index in [-0.39, 0.29) is 16.8 Å². The smallest absolute Gasteiger partial charge is 0.295 e. The zero-order valence-electron chi connectivity index (χ0n) is 20.8. The van der Waals surface area contributed by atoms with Crippen molar-refractivity contribution < 1.29 is 18.7 Å². The highest BCUT2D eigenvalue weighted by Crippen LogP contribution is 2.42. The number of anilines is 1. The summed E-state index contributed by atoms with van der Waals surface area (Å²) in [6, 6.07) is 18.9. The molecule has 1 atom stereocenters. The van der Waals surface area contributed by atoms with Crippen LogP contribution in [0.1, 0.15) is 60.3 Å². The van der Waals surface area contributed by atoms with E-state index < -0.39 is 11.9 Å². The monoisotopic (exact) mass is 517 g/mol. The Bertz CT molecular complexity index is 1490. The van der Waals surface area contributed by atoms with E-state index in [1.807, 2.05) is 36.4 Å². The van der Waals surface area contributed by atoms with Crippen molar-refractivity contribution in [1.82, 2.24) is 0 Å². The molecule has 0 spiro atoms. The molecule has 7 heteroatoms. The number of benzene rings is 3. The number of methoxy groups -OCH3 is 1. The van der Waals surface area contributed by atoms with E-state index in [2.05, 4.69) is 6.92 Å². The second-order valence-corrected chi connectivity index (χ2v) is 9.51. The summed E-state index contributed by atoms with van der Waals surface area (Å²) in [4.78, 5) is 29.1. The second kappa shape index (κ2) is 10.7. The lowest BCUT2D eigenvalue weighted by Gasteiger charge is -2.25. The molecule has 1 aliphatic heterocycles. The van der Waals surface area contributed by atoms with Gasteiger partial charge in [0.05, 0.1) is 30.7 Å². The first kappa shape index (κ1) is 24.9. The van der Waals surface area contributed by atoms with Crippen LogP contribution in [0.5, 0.6) is 11.5 Å². The van der Waals surface area contributed by atoms with E-state index in [1.54, 1.807) is 42.3 Å². The Labute approximate surface area is 220 Å². The molecule has 0 fully saturated rings. The molecule has 0 saturated heterocycles. The molecule has 190 valence electrons. The lowest BCUT2D eigenvalue weighted by atomic mass is 9.98. The number of ether oxygens (including phenoxy) is 2. The first-order valence-electron chi connectivity index (χ1n) is 12.5. The van der Waals surface area contributed by atoms with Crippen LogP contribution >= 0.6 is 11.6 Å². The maximum absolute atomic E-state index is 13.7. The predicted octanol–water partition coefficient (Wildman–Crippen LogP) is 7.16. The molecular formula is C30H28ClNO5. The molecule has 3 aromatic carbocycles. The van der Waals surface area contributed by atoms with Crippen molar-refractivity contribution in [3.05, 3.63) is 98.9 Å². The standard InChI is InChI=1S/C30H28ClNO5/c1-3-4-5-6-16-36-22-13-10-19(11-14-22)27-26-28(33)24-17-20(31)12-15-25(24)37-29(26)30(34)32(27)21-8-7-9-23(18-21)35-2/h7-15,17-18,27H,3-6,16H2,1-2H3. The Morgan fingerprint density at radius 2 is 1.76 bits per heavy atom. The van der Waals surface area contributed by atoms with E-state index in [4.69, 9.17) is 25.5 Å². The van der Waals surface area contributed by atoms with Gasteiger partial charge in [-0.15, -0.1) is 0 Å². The highest BCUT2D eigenvalue weighted by atomic mass is 35.5. The van der Waals surface area contributed by atoms with Gasteiger partial charge in [0.25, 0.3) is 5.91 Å². The van der Waals surface area contributed by atoms with Crippen LogP contribution in [0.15, 0.2) is 75.9 Å². The maximum atomic E-state index is 13.7. The van der Waals surface area contributed by atoms with Crippen LogP contribution in [0, 0.1) is 0 Å². The lowest BCUT2D eigenvalue weighted by Crippen LogP contribution is -2.29. The zero-order valence-corrected chi connectivity index (χ0v) is 21.6. The Morgan fingerprint density at radius 1 is 0.946 bits per heavy atom. The van der Waals surface area contributed by atoms with Crippen LogP contribution in [0.3, 0.4) is 0 Å². The predicted molar refractivity (Wildman–Crippen MR) is 145 cm³/mol. The highest BCUT2D eigenvalue weighted by Gasteiger charge is 2.43. The first-order valence-corrected chi connectivity index (χ1v) is 12.9. The number of halogens is 1. The van der Waals surface area contributed by atoms with Crippen molar-refractivity contribution in [2.75, 3.05) is 18.6 Å². The molecule has 4 aromatic rings. The topological polar surface area (TPSA) is 69.0 Å². The van der Waals surface area contributed by atoms with E-state index in [1.165, 1.54) is 12.8 Å². The zero-order chi connectivity index (χ0) is 25.9. The average Bonchev–Trinajstić information content (AvgIpc) is 3.21. The molecule has 37 heavy (non-hydrogen) atoms. The number of carbonyl (C=O) groups is 1. The minimum Gasteiger partial charge on any atom is -0.497 e. The van der Waals surface area contributed by atoms with Crippen LogP contribution < -0.4 is 19.8 Å². The van der Waals surface area contributed by atoms with Crippen LogP contribution in [-0.2, 0) is 0 Å². The fraction of sp³-hybridized carbons (Fsp3) is 0.267. The Morgan fingerprint density at radius 3 is 2.51 bits per heavy atom. The van der Waals surface area contributed by atoms with Crippen molar-refractivity contribution >= 4 is 34.2 Å². The van der Waals surface area contributed by atoms with Gasteiger partial charge in [0, 0.05) is 16.8 Å². The van der Waals surface area contributed by atoms with Gasteiger partial charge in [0.2, 0.25) is 5.76 Å². The summed E-state index contributed by atoms with van der Waals surface area (Å²) >= 11 is 6.18. The van der Waals surface area contributed by atoms with Crippen molar-refractivity contribution in [1.29, 1.82) is 0 Å². The Hall–Kier alpha value is -3.77. The van der Waals surface area contributed by atoms with E-state index in [9.17, 15) is 9.59 Å². The number of rotatable bonds is 9. The Balaban J connectivity index is 1.58. The quantitative estimate of drug-likeness (QED) is 0.220. The molecule has 0 N–H and O–H groups in total.